The zero-order valence-electron chi connectivity index (χ0n) is 25.2. The number of hydrogen-bond donors (Lipinski definition) is 4. The molecule has 0 radical (unpaired) electrons. The number of anilines is 3. The summed E-state index contributed by atoms with van der Waals surface area (Å²) in [6, 6.07) is 8.60. The number of hydrogen-bond acceptors (Lipinski definition) is 12. The van der Waals surface area contributed by atoms with Crippen molar-refractivity contribution in [1.29, 1.82) is 0 Å². The topological polar surface area (TPSA) is 157 Å². The highest BCUT2D eigenvalue weighted by molar-refractivity contribution is 7.99. The highest BCUT2D eigenvalue weighted by atomic mass is 32.2. The number of methoxy groups -OCH3 is 1. The van der Waals surface area contributed by atoms with Crippen LogP contribution in [0.3, 0.4) is 0 Å². The molecule has 0 aliphatic carbocycles. The van der Waals surface area contributed by atoms with Gasteiger partial charge < -0.3 is 30.2 Å². The molecule has 43 heavy (non-hydrogen) atoms. The highest BCUT2D eigenvalue weighted by Crippen LogP contribution is 2.38. The van der Waals surface area contributed by atoms with Crippen molar-refractivity contribution >= 4 is 39.1 Å². The summed E-state index contributed by atoms with van der Waals surface area (Å²) in [7, 11) is 2.17. The van der Waals surface area contributed by atoms with Crippen molar-refractivity contribution in [3.63, 3.8) is 0 Å². The number of aryl methyl sites for hydroxylation is 1. The molecule has 0 aliphatic rings. The van der Waals surface area contributed by atoms with Gasteiger partial charge in [-0.1, -0.05) is 6.92 Å². The molecule has 4 aromatic rings. The highest BCUT2D eigenvalue weighted by Gasteiger charge is 2.22. The average Bonchev–Trinajstić information content (AvgIpc) is 3.63. The molecule has 0 atom stereocenters. The molecule has 0 saturated carbocycles. The lowest BCUT2D eigenvalue weighted by Crippen LogP contribution is -2.36. The molecule has 4 rings (SSSR count). The zero-order chi connectivity index (χ0) is 30.8. The number of rotatable bonds is 17. The van der Waals surface area contributed by atoms with Gasteiger partial charge >= 0.3 is 0 Å². The summed E-state index contributed by atoms with van der Waals surface area (Å²) in [5, 5.41) is 14.5. The molecule has 0 spiro atoms. The molecular formula is C28H40N10O3S2. The molecule has 3 heterocycles. The Labute approximate surface area is 257 Å². The Morgan fingerprint density at radius 2 is 1.84 bits per heavy atom. The zero-order valence-corrected chi connectivity index (χ0v) is 26.8. The van der Waals surface area contributed by atoms with Gasteiger partial charge in [-0.15, -0.1) is 0 Å². The van der Waals surface area contributed by atoms with E-state index in [1.807, 2.05) is 13.0 Å². The number of aromatic nitrogens is 6. The van der Waals surface area contributed by atoms with Gasteiger partial charge in [0.15, 0.2) is 32.4 Å². The summed E-state index contributed by atoms with van der Waals surface area (Å²) in [6.45, 7) is 8.16. The number of benzene rings is 1. The van der Waals surface area contributed by atoms with Crippen molar-refractivity contribution in [2.75, 3.05) is 64.1 Å². The van der Waals surface area contributed by atoms with Gasteiger partial charge in [-0.05, 0) is 63.5 Å². The maximum atomic E-state index is 12.9. The van der Waals surface area contributed by atoms with E-state index in [9.17, 15) is 8.42 Å². The van der Waals surface area contributed by atoms with Gasteiger partial charge in [0, 0.05) is 61.8 Å². The van der Waals surface area contributed by atoms with Crippen molar-refractivity contribution in [2.24, 2.45) is 0 Å². The molecule has 0 aliphatic heterocycles. The first-order valence-electron chi connectivity index (χ1n) is 14.0. The van der Waals surface area contributed by atoms with Gasteiger partial charge in [-0.2, -0.15) is 5.10 Å². The number of nitrogens with one attached hydrogen (secondary N) is 4. The van der Waals surface area contributed by atoms with Gasteiger partial charge in [-0.3, -0.25) is 5.10 Å². The second-order valence-corrected chi connectivity index (χ2v) is 13.2. The molecule has 0 saturated heterocycles. The Hall–Kier alpha value is -3.66. The van der Waals surface area contributed by atoms with Gasteiger partial charge in [-0.25, -0.2) is 23.4 Å². The van der Waals surface area contributed by atoms with Crippen molar-refractivity contribution < 1.29 is 13.2 Å². The second-order valence-electron chi connectivity index (χ2n) is 10.2. The van der Waals surface area contributed by atoms with Crippen LogP contribution in [0.25, 0.3) is 0 Å². The van der Waals surface area contributed by atoms with Crippen molar-refractivity contribution in [3.8, 4) is 5.75 Å². The molecule has 0 fully saturated rings. The molecule has 0 amide bonds. The maximum Gasteiger partial charge on any atom is 0.204 e. The molecule has 3 aromatic heterocycles. The van der Waals surface area contributed by atoms with Crippen LogP contribution in [0.4, 0.5) is 17.5 Å². The number of likely N-dealkylation sites (N-methyl/N-ethyl adjacent to an activating group) is 1. The monoisotopic (exact) mass is 628 g/mol. The Balaban J connectivity index is 1.61. The lowest BCUT2D eigenvalue weighted by atomic mass is 10.3. The molecular weight excluding hydrogens is 589 g/mol. The molecule has 4 N–H and O–H groups in total. The number of sulfone groups is 1. The van der Waals surface area contributed by atoms with E-state index in [1.165, 1.54) is 18.0 Å². The van der Waals surface area contributed by atoms with Gasteiger partial charge in [0.05, 0.1) is 12.0 Å². The number of aromatic amines is 2. The van der Waals surface area contributed by atoms with E-state index in [0.29, 0.717) is 34.2 Å². The Bertz CT molecular complexity index is 1540. The first-order chi connectivity index (χ1) is 20.7. The van der Waals surface area contributed by atoms with E-state index < -0.39 is 9.84 Å². The predicted octanol–water partition coefficient (Wildman–Crippen LogP) is 3.48. The molecule has 0 bridgehead atoms. The smallest absolute Gasteiger partial charge is 0.204 e. The van der Waals surface area contributed by atoms with E-state index in [2.05, 4.69) is 61.6 Å². The molecule has 232 valence electrons. The number of nitrogens with zero attached hydrogens (tertiary/aromatic N) is 6. The summed E-state index contributed by atoms with van der Waals surface area (Å²) in [5.41, 5.74) is 0.906. The minimum Gasteiger partial charge on any atom is -0.490 e. The quantitative estimate of drug-likeness (QED) is 0.0999. The third kappa shape index (κ3) is 9.16. The molecule has 13 nitrogen and oxygen atoms in total. The second kappa shape index (κ2) is 15.2. The van der Waals surface area contributed by atoms with Crippen LogP contribution in [-0.2, 0) is 15.6 Å². The Morgan fingerprint density at radius 1 is 1.07 bits per heavy atom. The van der Waals surface area contributed by atoms with Crippen LogP contribution < -0.4 is 20.3 Å². The molecule has 0 unspecified atom stereocenters. The number of H-pyrrole nitrogens is 2. The van der Waals surface area contributed by atoms with Crippen molar-refractivity contribution in [2.45, 2.75) is 41.0 Å². The summed E-state index contributed by atoms with van der Waals surface area (Å²) in [6.07, 6.45) is 4.06. The number of ether oxygens (including phenoxy) is 1. The van der Waals surface area contributed by atoms with Crippen LogP contribution in [0, 0.1) is 6.92 Å². The Kier molecular flexibility index (Phi) is 11.4. The third-order valence-corrected chi connectivity index (χ3v) is 8.86. The Morgan fingerprint density at radius 3 is 2.47 bits per heavy atom. The molecule has 15 heteroatoms. The van der Waals surface area contributed by atoms with Crippen LogP contribution in [0.1, 0.15) is 24.9 Å². The third-order valence-electron chi connectivity index (χ3n) is 6.34. The van der Waals surface area contributed by atoms with Crippen LogP contribution >= 0.6 is 11.8 Å². The standard InChI is InChI=1S/C28H40N10O3S2/c1-6-15-38(17-14-29-13-16-37(3)4)27-25(41-5)26(32-23-18-20(2)35-36-23)33-28(34-27)42-21-7-9-22(10-8-21)43(39,40)19-24-30-11-12-31-24/h7-12,18,29H,6,13-17,19H2,1-5H3,(H,30,31)(H2,32,33,34,35,36). The first kappa shape index (κ1) is 32.3. The van der Waals surface area contributed by atoms with Crippen LogP contribution in [0.15, 0.2) is 57.7 Å². The average molecular weight is 629 g/mol. The molecule has 1 aromatic carbocycles. The SMILES string of the molecule is CCCN(CCNCCN(C)C)c1nc(Sc2ccc(S(=O)(=O)Cc3ncc[nH]3)cc2)nc(Nc2cc(C)[nH]n2)c1OC. The summed E-state index contributed by atoms with van der Waals surface area (Å²) < 4.78 is 31.6. The number of imidazole rings is 1. The van der Waals surface area contributed by atoms with E-state index >= 15 is 0 Å². The van der Waals surface area contributed by atoms with Crippen molar-refractivity contribution in [3.05, 3.63) is 54.2 Å². The van der Waals surface area contributed by atoms with Crippen LogP contribution in [-0.4, -0.2) is 97.4 Å². The van der Waals surface area contributed by atoms with E-state index in [0.717, 1.165) is 49.7 Å². The van der Waals surface area contributed by atoms with E-state index in [-0.39, 0.29) is 10.6 Å². The normalized spacial score (nSPS) is 11.7. The minimum atomic E-state index is -3.55. The van der Waals surface area contributed by atoms with Crippen LogP contribution in [0.5, 0.6) is 5.75 Å². The van der Waals surface area contributed by atoms with E-state index in [4.69, 9.17) is 14.7 Å². The summed E-state index contributed by atoms with van der Waals surface area (Å²) in [5.74, 6) is 2.48. The summed E-state index contributed by atoms with van der Waals surface area (Å²) in [4.78, 5) is 21.9. The van der Waals surface area contributed by atoms with E-state index in [1.54, 1.807) is 37.6 Å². The summed E-state index contributed by atoms with van der Waals surface area (Å²) >= 11 is 1.34. The van der Waals surface area contributed by atoms with Crippen molar-refractivity contribution in [1.82, 2.24) is 40.3 Å². The fourth-order valence-electron chi connectivity index (χ4n) is 4.25. The van der Waals surface area contributed by atoms with Gasteiger partial charge in [0.25, 0.3) is 0 Å². The van der Waals surface area contributed by atoms with Gasteiger partial charge in [0.1, 0.15) is 11.6 Å². The minimum absolute atomic E-state index is 0.198. The van der Waals surface area contributed by atoms with Gasteiger partial charge in [0.2, 0.25) is 5.75 Å². The fraction of sp³-hybridized carbons (Fsp3) is 0.429. The first-order valence-corrected chi connectivity index (χ1v) is 16.5. The van der Waals surface area contributed by atoms with Crippen LogP contribution in [0.2, 0.25) is 0 Å². The lowest BCUT2D eigenvalue weighted by molar-refractivity contribution is 0.399. The fourth-order valence-corrected chi connectivity index (χ4v) is 6.24. The maximum absolute atomic E-state index is 12.9. The predicted molar refractivity (Wildman–Crippen MR) is 169 cm³/mol. The lowest BCUT2D eigenvalue weighted by Gasteiger charge is -2.26. The largest absolute Gasteiger partial charge is 0.490 e.